The van der Waals surface area contributed by atoms with Gasteiger partial charge < -0.3 is 10.2 Å². The third-order valence-electron chi connectivity index (χ3n) is 4.52. The van der Waals surface area contributed by atoms with Crippen molar-refractivity contribution in [3.8, 4) is 0 Å². The molecule has 0 radical (unpaired) electrons. The van der Waals surface area contributed by atoms with Gasteiger partial charge in [-0.3, -0.25) is 4.99 Å². The molecular weight excluding hydrogens is 336 g/mol. The highest BCUT2D eigenvalue weighted by Gasteiger charge is 2.36. The van der Waals surface area contributed by atoms with Crippen LogP contribution in [0.2, 0.25) is 0 Å². The number of hydrogen-bond donors (Lipinski definition) is 2. The summed E-state index contributed by atoms with van der Waals surface area (Å²) in [5.41, 5.74) is 1.42. The quantitative estimate of drug-likeness (QED) is 0.592. The number of aliphatic imine (C=N–C) groups is 1. The Kier molecular flexibility index (Phi) is 6.46. The molecule has 1 aromatic carbocycles. The van der Waals surface area contributed by atoms with Gasteiger partial charge in [0.1, 0.15) is 0 Å². The van der Waals surface area contributed by atoms with Crippen LogP contribution in [-0.2, 0) is 15.4 Å². The lowest BCUT2D eigenvalue weighted by Gasteiger charge is -2.27. The van der Waals surface area contributed by atoms with Gasteiger partial charge in [0.05, 0.1) is 5.75 Å². The highest BCUT2D eigenvalue weighted by Crippen LogP contribution is 2.33. The van der Waals surface area contributed by atoms with Gasteiger partial charge in [0.2, 0.25) is 10.0 Å². The lowest BCUT2D eigenvalue weighted by molar-refractivity contribution is 0.439. The van der Waals surface area contributed by atoms with Crippen molar-refractivity contribution < 1.29 is 8.42 Å². The topological polar surface area (TPSA) is 73.8 Å². The van der Waals surface area contributed by atoms with Crippen LogP contribution < -0.4 is 10.0 Å². The molecule has 7 heteroatoms. The van der Waals surface area contributed by atoms with E-state index in [0.717, 1.165) is 25.5 Å². The first kappa shape index (κ1) is 19.7. The van der Waals surface area contributed by atoms with Gasteiger partial charge in [-0.15, -0.1) is 0 Å². The first-order valence-electron chi connectivity index (χ1n) is 8.77. The maximum atomic E-state index is 11.9. The van der Waals surface area contributed by atoms with Crippen molar-refractivity contribution in [3.63, 3.8) is 0 Å². The molecule has 0 bridgehead atoms. The molecular formula is C18H30N4O2S. The second-order valence-corrected chi connectivity index (χ2v) is 9.04. The van der Waals surface area contributed by atoms with Crippen LogP contribution in [0.3, 0.4) is 0 Å². The Morgan fingerprint density at radius 2 is 2.00 bits per heavy atom. The van der Waals surface area contributed by atoms with Gasteiger partial charge in [-0.1, -0.05) is 37.3 Å². The lowest BCUT2D eigenvalue weighted by atomic mass is 9.82. The summed E-state index contributed by atoms with van der Waals surface area (Å²) in [4.78, 5) is 6.53. The van der Waals surface area contributed by atoms with Gasteiger partial charge in [0.25, 0.3) is 0 Å². The molecule has 6 nitrogen and oxygen atoms in total. The zero-order valence-electron chi connectivity index (χ0n) is 15.6. The Morgan fingerprint density at radius 3 is 2.60 bits per heavy atom. The first-order valence-corrected chi connectivity index (χ1v) is 10.4. The predicted molar refractivity (Wildman–Crippen MR) is 103 cm³/mol. The van der Waals surface area contributed by atoms with Gasteiger partial charge >= 0.3 is 0 Å². The number of benzene rings is 1. The van der Waals surface area contributed by atoms with Gasteiger partial charge in [-0.05, 0) is 25.8 Å². The molecule has 1 heterocycles. The van der Waals surface area contributed by atoms with Crippen LogP contribution in [-0.4, -0.2) is 57.8 Å². The Balaban J connectivity index is 1.92. The molecule has 1 aliphatic rings. The maximum Gasteiger partial charge on any atom is 0.213 e. The fraction of sp³-hybridized carbons (Fsp3) is 0.611. The summed E-state index contributed by atoms with van der Waals surface area (Å²) in [6, 6.07) is 10.4. The van der Waals surface area contributed by atoms with Crippen LogP contribution in [0.1, 0.15) is 32.8 Å². The number of nitrogens with zero attached hydrogens (tertiary/aromatic N) is 2. The van der Waals surface area contributed by atoms with Gasteiger partial charge in [0, 0.05) is 38.1 Å². The molecule has 0 spiro atoms. The number of hydrogen-bond acceptors (Lipinski definition) is 3. The van der Waals surface area contributed by atoms with Crippen molar-refractivity contribution in [1.82, 2.24) is 14.9 Å². The number of likely N-dealkylation sites (tertiary alicyclic amines) is 1. The molecule has 0 amide bonds. The summed E-state index contributed by atoms with van der Waals surface area (Å²) in [5, 5.41) is 3.19. The molecule has 0 saturated carbocycles. The molecule has 2 N–H and O–H groups in total. The summed E-state index contributed by atoms with van der Waals surface area (Å²) in [5.74, 6) is 0.799. The van der Waals surface area contributed by atoms with Crippen LogP contribution in [0.4, 0.5) is 0 Å². The summed E-state index contributed by atoms with van der Waals surface area (Å²) >= 11 is 0. The number of sulfonamides is 1. The number of guanidine groups is 1. The second-order valence-electron chi connectivity index (χ2n) is 7.16. The van der Waals surface area contributed by atoms with E-state index in [0.29, 0.717) is 6.54 Å². The van der Waals surface area contributed by atoms with Crippen LogP contribution in [0.25, 0.3) is 0 Å². The van der Waals surface area contributed by atoms with Crippen molar-refractivity contribution >= 4 is 16.0 Å². The highest BCUT2D eigenvalue weighted by molar-refractivity contribution is 7.89. The van der Waals surface area contributed by atoms with Crippen molar-refractivity contribution in [3.05, 3.63) is 35.9 Å². The molecule has 0 aromatic heterocycles. The smallest absolute Gasteiger partial charge is 0.213 e. The largest absolute Gasteiger partial charge is 0.355 e. The zero-order valence-corrected chi connectivity index (χ0v) is 16.4. The van der Waals surface area contributed by atoms with E-state index in [9.17, 15) is 8.42 Å². The zero-order chi connectivity index (χ0) is 18.5. The Labute approximate surface area is 151 Å². The molecule has 1 unspecified atom stereocenters. The van der Waals surface area contributed by atoms with Crippen molar-refractivity contribution in [2.45, 2.75) is 38.6 Å². The molecule has 1 atom stereocenters. The summed E-state index contributed by atoms with van der Waals surface area (Å²) in [7, 11) is -1.52. The van der Waals surface area contributed by atoms with Crippen LogP contribution >= 0.6 is 0 Å². The fourth-order valence-electron chi connectivity index (χ4n) is 3.27. The molecule has 1 saturated heterocycles. The summed E-state index contributed by atoms with van der Waals surface area (Å²) < 4.78 is 26.4. The van der Waals surface area contributed by atoms with E-state index in [1.54, 1.807) is 7.05 Å². The lowest BCUT2D eigenvalue weighted by Crippen LogP contribution is -2.44. The average Bonchev–Trinajstić information content (AvgIpc) is 2.95. The molecule has 1 aromatic rings. The molecule has 2 rings (SSSR count). The predicted octanol–water partition coefficient (Wildman–Crippen LogP) is 1.55. The van der Waals surface area contributed by atoms with E-state index in [1.165, 1.54) is 5.56 Å². The van der Waals surface area contributed by atoms with Crippen LogP contribution in [0.5, 0.6) is 0 Å². The minimum absolute atomic E-state index is 0.0357. The van der Waals surface area contributed by atoms with Crippen molar-refractivity contribution in [2.75, 3.05) is 32.4 Å². The fourth-order valence-corrected chi connectivity index (χ4v) is 4.47. The Morgan fingerprint density at radius 1 is 1.32 bits per heavy atom. The van der Waals surface area contributed by atoms with Gasteiger partial charge in [0.15, 0.2) is 5.96 Å². The van der Waals surface area contributed by atoms with Crippen LogP contribution in [0, 0.1) is 0 Å². The third kappa shape index (κ3) is 5.44. The highest BCUT2D eigenvalue weighted by atomic mass is 32.2. The summed E-state index contributed by atoms with van der Waals surface area (Å²) in [6.45, 7) is 8.02. The normalized spacial score (nSPS) is 21.8. The van der Waals surface area contributed by atoms with Gasteiger partial charge in [-0.2, -0.15) is 0 Å². The first-order chi connectivity index (χ1) is 11.8. The minimum atomic E-state index is -3.26. The van der Waals surface area contributed by atoms with E-state index in [1.807, 2.05) is 19.9 Å². The van der Waals surface area contributed by atoms with E-state index in [4.69, 9.17) is 0 Å². The molecule has 25 heavy (non-hydrogen) atoms. The van der Waals surface area contributed by atoms with Crippen LogP contribution in [0.15, 0.2) is 35.3 Å². The monoisotopic (exact) mass is 366 g/mol. The average molecular weight is 367 g/mol. The molecule has 1 fully saturated rings. The second kappa shape index (κ2) is 8.19. The standard InChI is InChI=1S/C18H30N4O2S/c1-15(2)21-25(23,24)13-11-20-17(19-4)22-12-10-18(3,14-22)16-8-6-5-7-9-16/h5-9,15,21H,10-14H2,1-4H3,(H,19,20). The summed E-state index contributed by atoms with van der Waals surface area (Å²) in [6.07, 6.45) is 1.05. The van der Waals surface area contributed by atoms with E-state index in [-0.39, 0.29) is 17.2 Å². The Bertz CT molecular complexity index is 688. The maximum absolute atomic E-state index is 11.9. The molecule has 0 aliphatic carbocycles. The van der Waals surface area contributed by atoms with Gasteiger partial charge in [-0.25, -0.2) is 13.1 Å². The molecule has 1 aliphatic heterocycles. The molecule has 140 valence electrons. The van der Waals surface area contributed by atoms with E-state index < -0.39 is 10.0 Å². The van der Waals surface area contributed by atoms with Crippen molar-refractivity contribution in [2.24, 2.45) is 4.99 Å². The third-order valence-corrected chi connectivity index (χ3v) is 6.10. The number of nitrogens with one attached hydrogen (secondary N) is 2. The van der Waals surface area contributed by atoms with E-state index in [2.05, 4.69) is 51.1 Å². The van der Waals surface area contributed by atoms with Crippen molar-refractivity contribution in [1.29, 1.82) is 0 Å². The van der Waals surface area contributed by atoms with E-state index >= 15 is 0 Å². The minimum Gasteiger partial charge on any atom is -0.355 e. The SMILES string of the molecule is CN=C(NCCS(=O)(=O)NC(C)C)N1CCC(C)(c2ccccc2)C1. The number of rotatable bonds is 6. The Hall–Kier alpha value is -1.60.